The van der Waals surface area contributed by atoms with Crippen LogP contribution in [0.1, 0.15) is 64.3 Å². The monoisotopic (exact) mass is 327 g/mol. The minimum atomic E-state index is -0.376. The Kier molecular flexibility index (Phi) is 4.65. The van der Waals surface area contributed by atoms with Gasteiger partial charge >= 0.3 is 0 Å². The summed E-state index contributed by atoms with van der Waals surface area (Å²) in [4.78, 5) is 9.03. The Bertz CT molecular complexity index is 719. The highest BCUT2D eigenvalue weighted by Gasteiger charge is 2.30. The lowest BCUT2D eigenvalue weighted by Gasteiger charge is -2.26. The lowest BCUT2D eigenvalue weighted by Crippen LogP contribution is -2.24. The van der Waals surface area contributed by atoms with Crippen LogP contribution < -0.4 is 0 Å². The van der Waals surface area contributed by atoms with Gasteiger partial charge in [-0.2, -0.15) is 0 Å². The van der Waals surface area contributed by atoms with Gasteiger partial charge in [-0.15, -0.1) is 0 Å². The number of oxime groups is 1. The zero-order valence-corrected chi connectivity index (χ0v) is 15.1. The third-order valence-electron chi connectivity index (χ3n) is 3.66. The first-order valence-electron chi connectivity index (χ1n) is 7.95. The molecular weight excluding hydrogens is 302 g/mol. The van der Waals surface area contributed by atoms with Crippen LogP contribution in [0.5, 0.6) is 5.75 Å². The molecule has 1 aromatic heterocycles. The zero-order chi connectivity index (χ0) is 18.1. The molecule has 24 heavy (non-hydrogen) atoms. The predicted molar refractivity (Wildman–Crippen MR) is 95.0 cm³/mol. The normalized spacial score (nSPS) is 13.2. The average molecular weight is 327 g/mol. The van der Waals surface area contributed by atoms with Crippen molar-refractivity contribution in [1.29, 1.82) is 0 Å². The third-order valence-corrected chi connectivity index (χ3v) is 3.66. The maximum absolute atomic E-state index is 10.7. The number of aromatic hydroxyl groups is 1. The molecular formula is C19H25N3O2. The van der Waals surface area contributed by atoms with Crippen molar-refractivity contribution in [3.63, 3.8) is 0 Å². The molecule has 0 atom stereocenters. The summed E-state index contributed by atoms with van der Waals surface area (Å²) in [7, 11) is 0. The van der Waals surface area contributed by atoms with E-state index in [1.165, 1.54) is 0 Å². The molecule has 0 radical (unpaired) electrons. The molecule has 0 aliphatic rings. The fourth-order valence-corrected chi connectivity index (χ4v) is 2.43. The van der Waals surface area contributed by atoms with Crippen molar-refractivity contribution in [2.75, 3.05) is 0 Å². The third kappa shape index (κ3) is 3.55. The van der Waals surface area contributed by atoms with Crippen LogP contribution in [0.4, 0.5) is 0 Å². The first-order valence-corrected chi connectivity index (χ1v) is 7.95. The van der Waals surface area contributed by atoms with Crippen molar-refractivity contribution in [2.24, 2.45) is 5.16 Å². The summed E-state index contributed by atoms with van der Waals surface area (Å²) in [6.45, 7) is 11.9. The van der Waals surface area contributed by atoms with E-state index in [1.54, 1.807) is 0 Å². The molecule has 0 bridgehead atoms. The molecule has 5 heteroatoms. The minimum absolute atomic E-state index is 0.101. The molecule has 1 heterocycles. The molecule has 2 N–H and O–H groups in total. The highest BCUT2D eigenvalue weighted by molar-refractivity contribution is 6.10. The Balaban J connectivity index is 2.75. The van der Waals surface area contributed by atoms with Gasteiger partial charge in [-0.25, -0.2) is 9.97 Å². The second-order valence-corrected chi connectivity index (χ2v) is 7.91. The SMILES string of the molecule is CC(C)(C)c1nc(C(=NO)c2ccccc2)nc(C(C)(C)C)c1O. The second kappa shape index (κ2) is 6.23. The van der Waals surface area contributed by atoms with Gasteiger partial charge in [0.2, 0.25) is 0 Å². The Morgan fingerprint density at radius 3 is 1.71 bits per heavy atom. The van der Waals surface area contributed by atoms with E-state index in [2.05, 4.69) is 15.1 Å². The maximum Gasteiger partial charge on any atom is 0.183 e. The lowest BCUT2D eigenvalue weighted by atomic mass is 9.85. The number of benzene rings is 1. The summed E-state index contributed by atoms with van der Waals surface area (Å²) >= 11 is 0. The molecule has 0 saturated heterocycles. The molecule has 0 fully saturated rings. The van der Waals surface area contributed by atoms with Gasteiger partial charge in [0.15, 0.2) is 17.3 Å². The van der Waals surface area contributed by atoms with Gasteiger partial charge in [-0.05, 0) is 0 Å². The van der Waals surface area contributed by atoms with E-state index < -0.39 is 0 Å². The smallest absolute Gasteiger partial charge is 0.183 e. The molecule has 0 aliphatic carbocycles. The molecule has 2 rings (SSSR count). The van der Waals surface area contributed by atoms with Gasteiger partial charge in [0, 0.05) is 16.4 Å². The van der Waals surface area contributed by atoms with Gasteiger partial charge < -0.3 is 10.3 Å². The van der Waals surface area contributed by atoms with Gasteiger partial charge in [0.05, 0.1) is 11.4 Å². The maximum atomic E-state index is 10.7. The number of hydrogen-bond donors (Lipinski definition) is 2. The summed E-state index contributed by atoms with van der Waals surface area (Å²) in [6.07, 6.45) is 0. The Labute approximate surface area is 143 Å². The molecule has 1 aromatic carbocycles. The number of nitrogens with zero attached hydrogens (tertiary/aromatic N) is 3. The largest absolute Gasteiger partial charge is 0.504 e. The quantitative estimate of drug-likeness (QED) is 0.496. The van der Waals surface area contributed by atoms with Crippen molar-refractivity contribution in [3.05, 3.63) is 53.1 Å². The molecule has 0 amide bonds. The average Bonchev–Trinajstić information content (AvgIpc) is 2.48. The summed E-state index contributed by atoms with van der Waals surface area (Å²) in [5.41, 5.74) is 1.32. The Hall–Kier alpha value is -2.43. The number of rotatable bonds is 2. The summed E-state index contributed by atoms with van der Waals surface area (Å²) in [6, 6.07) is 9.27. The van der Waals surface area contributed by atoms with E-state index in [0.717, 1.165) is 0 Å². The van der Waals surface area contributed by atoms with E-state index in [0.29, 0.717) is 22.8 Å². The number of hydrogen-bond acceptors (Lipinski definition) is 5. The van der Waals surface area contributed by atoms with Gasteiger partial charge in [-0.1, -0.05) is 77.0 Å². The topological polar surface area (TPSA) is 78.6 Å². The molecule has 0 unspecified atom stereocenters. The summed E-state index contributed by atoms with van der Waals surface area (Å²) < 4.78 is 0. The van der Waals surface area contributed by atoms with Crippen LogP contribution in [0.25, 0.3) is 0 Å². The van der Waals surface area contributed by atoms with Crippen LogP contribution >= 0.6 is 0 Å². The van der Waals surface area contributed by atoms with E-state index in [1.807, 2.05) is 71.9 Å². The highest BCUT2D eigenvalue weighted by Crippen LogP contribution is 2.36. The van der Waals surface area contributed by atoms with E-state index in [9.17, 15) is 10.3 Å². The van der Waals surface area contributed by atoms with E-state index in [-0.39, 0.29) is 22.3 Å². The van der Waals surface area contributed by atoms with Crippen molar-refractivity contribution in [2.45, 2.75) is 52.4 Å². The van der Waals surface area contributed by atoms with Crippen LogP contribution in [0.15, 0.2) is 35.5 Å². The lowest BCUT2D eigenvalue weighted by molar-refractivity contribution is 0.319. The molecule has 2 aromatic rings. The van der Waals surface area contributed by atoms with Crippen LogP contribution in [-0.4, -0.2) is 26.0 Å². The zero-order valence-electron chi connectivity index (χ0n) is 15.1. The van der Waals surface area contributed by atoms with Gasteiger partial charge in [0.1, 0.15) is 0 Å². The molecule has 0 aliphatic heterocycles. The first-order chi connectivity index (χ1) is 11.1. The van der Waals surface area contributed by atoms with Crippen LogP contribution in [0.2, 0.25) is 0 Å². The molecule has 128 valence electrons. The first kappa shape index (κ1) is 17.9. The fraction of sp³-hybridized carbons (Fsp3) is 0.421. The van der Waals surface area contributed by atoms with Crippen LogP contribution in [0.3, 0.4) is 0 Å². The Morgan fingerprint density at radius 2 is 1.33 bits per heavy atom. The summed E-state index contributed by atoms with van der Waals surface area (Å²) in [5, 5.41) is 23.6. The second-order valence-electron chi connectivity index (χ2n) is 7.91. The number of aromatic nitrogens is 2. The fourth-order valence-electron chi connectivity index (χ4n) is 2.43. The summed E-state index contributed by atoms with van der Waals surface area (Å²) in [5.74, 6) is 0.403. The molecule has 0 saturated carbocycles. The van der Waals surface area contributed by atoms with E-state index in [4.69, 9.17) is 0 Å². The van der Waals surface area contributed by atoms with Crippen molar-refractivity contribution >= 4 is 5.71 Å². The molecule has 0 spiro atoms. The Morgan fingerprint density at radius 1 is 0.875 bits per heavy atom. The van der Waals surface area contributed by atoms with Crippen molar-refractivity contribution in [1.82, 2.24) is 9.97 Å². The minimum Gasteiger partial charge on any atom is -0.504 e. The van der Waals surface area contributed by atoms with Gasteiger partial charge in [0.25, 0.3) is 0 Å². The van der Waals surface area contributed by atoms with Crippen molar-refractivity contribution in [3.8, 4) is 5.75 Å². The molecule has 5 nitrogen and oxygen atoms in total. The standard InChI is InChI=1S/C19H25N3O2/c1-18(2,3)15-14(23)16(19(4,5)6)21-17(20-15)13(22-24)12-10-8-7-9-11-12/h7-11,23-24H,1-6H3. The van der Waals surface area contributed by atoms with Crippen LogP contribution in [0, 0.1) is 0 Å². The van der Waals surface area contributed by atoms with Gasteiger partial charge in [-0.3, -0.25) is 0 Å². The van der Waals surface area contributed by atoms with E-state index >= 15 is 0 Å². The van der Waals surface area contributed by atoms with Crippen molar-refractivity contribution < 1.29 is 10.3 Å². The van der Waals surface area contributed by atoms with Crippen LogP contribution in [-0.2, 0) is 10.8 Å². The highest BCUT2D eigenvalue weighted by atomic mass is 16.4. The predicted octanol–water partition coefficient (Wildman–Crippen LogP) is 4.00.